The van der Waals surface area contributed by atoms with Crippen molar-refractivity contribution in [1.29, 1.82) is 0 Å². The zero-order chi connectivity index (χ0) is 16.5. The lowest BCUT2D eigenvalue weighted by Crippen LogP contribution is -2.29. The molecule has 0 aromatic heterocycles. The average molecular weight is 304 g/mol. The molecule has 3 heteroatoms. The third-order valence-electron chi connectivity index (χ3n) is 3.85. The molecular weight excluding hydrogens is 272 g/mol. The van der Waals surface area contributed by atoms with E-state index in [2.05, 4.69) is 62.4 Å². The Hall–Kier alpha value is -1.35. The van der Waals surface area contributed by atoms with Crippen LogP contribution in [0.3, 0.4) is 0 Å². The van der Waals surface area contributed by atoms with Gasteiger partial charge in [-0.1, -0.05) is 38.1 Å². The summed E-state index contributed by atoms with van der Waals surface area (Å²) >= 11 is 0. The molecule has 0 heterocycles. The quantitative estimate of drug-likeness (QED) is 0.709. The molecule has 124 valence electrons. The van der Waals surface area contributed by atoms with Crippen molar-refractivity contribution in [2.45, 2.75) is 46.0 Å². The van der Waals surface area contributed by atoms with E-state index in [0.29, 0.717) is 5.92 Å². The Morgan fingerprint density at radius 2 is 1.73 bits per heavy atom. The summed E-state index contributed by atoms with van der Waals surface area (Å²) in [5.41, 5.74) is 2.44. The van der Waals surface area contributed by atoms with Gasteiger partial charge in [0, 0.05) is 6.54 Å². The number of benzene rings is 1. The summed E-state index contributed by atoms with van der Waals surface area (Å²) < 4.78 is 0. The molecule has 1 rings (SSSR count). The van der Waals surface area contributed by atoms with Crippen LogP contribution in [0.25, 0.3) is 0 Å². The lowest BCUT2D eigenvalue weighted by atomic mass is 9.96. The van der Waals surface area contributed by atoms with Crippen molar-refractivity contribution in [2.24, 2.45) is 5.92 Å². The second-order valence-electron chi connectivity index (χ2n) is 6.86. The van der Waals surface area contributed by atoms with Gasteiger partial charge in [-0.3, -0.25) is 4.79 Å². The molecule has 0 saturated carbocycles. The first-order valence-electron chi connectivity index (χ1n) is 8.41. The average Bonchev–Trinajstić information content (AvgIpc) is 2.45. The van der Waals surface area contributed by atoms with Crippen LogP contribution in [0.2, 0.25) is 0 Å². The Morgan fingerprint density at radius 1 is 1.09 bits per heavy atom. The Balaban J connectivity index is 2.39. The molecule has 0 aliphatic heterocycles. The van der Waals surface area contributed by atoms with E-state index in [1.165, 1.54) is 5.56 Å². The van der Waals surface area contributed by atoms with Crippen LogP contribution in [0, 0.1) is 5.92 Å². The minimum absolute atomic E-state index is 0.0815. The maximum atomic E-state index is 12.2. The standard InChI is InChI=1S/C19H32N2O/c1-15(2)14-17-8-10-18(11-9-17)16(3)19(22)20-12-6-7-13-21(4)5/h8-11,15-16H,6-7,12-14H2,1-5H3,(H,20,22)/t16-/m1/s1. The molecule has 0 spiro atoms. The van der Waals surface area contributed by atoms with E-state index in [1.54, 1.807) is 0 Å². The molecule has 0 fully saturated rings. The van der Waals surface area contributed by atoms with Crippen LogP contribution in [-0.2, 0) is 11.2 Å². The number of hydrogen-bond donors (Lipinski definition) is 1. The molecule has 1 aromatic rings. The number of nitrogens with zero attached hydrogens (tertiary/aromatic N) is 1. The van der Waals surface area contributed by atoms with Gasteiger partial charge < -0.3 is 10.2 Å². The van der Waals surface area contributed by atoms with Crippen LogP contribution in [0.5, 0.6) is 0 Å². The molecule has 0 unspecified atom stereocenters. The minimum atomic E-state index is -0.0815. The summed E-state index contributed by atoms with van der Waals surface area (Å²) in [5.74, 6) is 0.706. The molecule has 0 radical (unpaired) electrons. The number of rotatable bonds is 9. The van der Waals surface area contributed by atoms with Crippen molar-refractivity contribution >= 4 is 5.91 Å². The molecule has 3 nitrogen and oxygen atoms in total. The number of carbonyl (C=O) groups is 1. The Kier molecular flexibility index (Phi) is 8.18. The topological polar surface area (TPSA) is 32.3 Å². The monoisotopic (exact) mass is 304 g/mol. The van der Waals surface area contributed by atoms with Gasteiger partial charge in [0.1, 0.15) is 0 Å². The summed E-state index contributed by atoms with van der Waals surface area (Å²) in [5, 5.41) is 3.04. The normalized spacial score (nSPS) is 12.7. The maximum Gasteiger partial charge on any atom is 0.227 e. The van der Waals surface area contributed by atoms with Crippen molar-refractivity contribution in [3.05, 3.63) is 35.4 Å². The van der Waals surface area contributed by atoms with Gasteiger partial charge in [-0.05, 0) is 63.9 Å². The third kappa shape index (κ3) is 7.08. The van der Waals surface area contributed by atoms with E-state index in [-0.39, 0.29) is 11.8 Å². The zero-order valence-corrected chi connectivity index (χ0v) is 14.9. The van der Waals surface area contributed by atoms with Gasteiger partial charge in [0.05, 0.1) is 5.92 Å². The second-order valence-corrected chi connectivity index (χ2v) is 6.86. The Morgan fingerprint density at radius 3 is 2.27 bits per heavy atom. The van der Waals surface area contributed by atoms with Gasteiger partial charge >= 0.3 is 0 Å². The summed E-state index contributed by atoms with van der Waals surface area (Å²) in [6.07, 6.45) is 3.24. The van der Waals surface area contributed by atoms with Gasteiger partial charge in [0.15, 0.2) is 0 Å². The Bertz CT molecular complexity index is 437. The second kappa shape index (κ2) is 9.62. The van der Waals surface area contributed by atoms with E-state index in [1.807, 2.05) is 6.92 Å². The highest BCUT2D eigenvalue weighted by Gasteiger charge is 2.14. The van der Waals surface area contributed by atoms with Crippen LogP contribution in [0.15, 0.2) is 24.3 Å². The zero-order valence-electron chi connectivity index (χ0n) is 14.9. The van der Waals surface area contributed by atoms with Crippen LogP contribution >= 0.6 is 0 Å². The van der Waals surface area contributed by atoms with E-state index < -0.39 is 0 Å². The van der Waals surface area contributed by atoms with Gasteiger partial charge in [-0.25, -0.2) is 0 Å². The van der Waals surface area contributed by atoms with Crippen LogP contribution in [0.1, 0.15) is 50.7 Å². The predicted octanol–water partition coefficient (Wildman–Crippen LogP) is 3.45. The summed E-state index contributed by atoms with van der Waals surface area (Å²) in [6, 6.07) is 8.48. The summed E-state index contributed by atoms with van der Waals surface area (Å²) in [4.78, 5) is 14.4. The highest BCUT2D eigenvalue weighted by molar-refractivity contribution is 5.83. The fraction of sp³-hybridized carbons (Fsp3) is 0.632. The number of unbranched alkanes of at least 4 members (excludes halogenated alkanes) is 1. The highest BCUT2D eigenvalue weighted by atomic mass is 16.1. The molecular formula is C19H32N2O. The van der Waals surface area contributed by atoms with E-state index >= 15 is 0 Å². The number of nitrogens with one attached hydrogen (secondary N) is 1. The van der Waals surface area contributed by atoms with Crippen molar-refractivity contribution in [1.82, 2.24) is 10.2 Å². The molecule has 0 saturated heterocycles. The lowest BCUT2D eigenvalue weighted by molar-refractivity contribution is -0.122. The van der Waals surface area contributed by atoms with Gasteiger partial charge in [0.2, 0.25) is 5.91 Å². The first-order valence-corrected chi connectivity index (χ1v) is 8.41. The first kappa shape index (κ1) is 18.7. The van der Waals surface area contributed by atoms with E-state index in [4.69, 9.17) is 0 Å². The van der Waals surface area contributed by atoms with Crippen LogP contribution < -0.4 is 5.32 Å². The molecule has 0 aliphatic rings. The molecule has 1 atom stereocenters. The summed E-state index contributed by atoms with van der Waals surface area (Å²) in [6.45, 7) is 8.26. The predicted molar refractivity (Wildman–Crippen MR) is 94.2 cm³/mol. The van der Waals surface area contributed by atoms with E-state index in [0.717, 1.165) is 37.9 Å². The SMILES string of the molecule is CC(C)Cc1ccc([C@@H](C)C(=O)NCCCCN(C)C)cc1. The van der Waals surface area contributed by atoms with Crippen molar-refractivity contribution in [3.63, 3.8) is 0 Å². The largest absolute Gasteiger partial charge is 0.356 e. The molecule has 0 bridgehead atoms. The molecule has 22 heavy (non-hydrogen) atoms. The molecule has 1 aromatic carbocycles. The van der Waals surface area contributed by atoms with Crippen LogP contribution in [-0.4, -0.2) is 38.0 Å². The van der Waals surface area contributed by atoms with Gasteiger partial charge in [-0.15, -0.1) is 0 Å². The smallest absolute Gasteiger partial charge is 0.227 e. The fourth-order valence-electron chi connectivity index (χ4n) is 2.48. The number of carbonyl (C=O) groups excluding carboxylic acids is 1. The first-order chi connectivity index (χ1) is 10.4. The maximum absolute atomic E-state index is 12.2. The van der Waals surface area contributed by atoms with Gasteiger partial charge in [-0.2, -0.15) is 0 Å². The highest BCUT2D eigenvalue weighted by Crippen LogP contribution is 2.17. The number of amides is 1. The molecule has 0 aliphatic carbocycles. The number of hydrogen-bond acceptors (Lipinski definition) is 2. The fourth-order valence-corrected chi connectivity index (χ4v) is 2.48. The van der Waals surface area contributed by atoms with Crippen LogP contribution in [0.4, 0.5) is 0 Å². The minimum Gasteiger partial charge on any atom is -0.356 e. The molecule has 1 N–H and O–H groups in total. The van der Waals surface area contributed by atoms with Crippen molar-refractivity contribution in [2.75, 3.05) is 27.2 Å². The van der Waals surface area contributed by atoms with E-state index in [9.17, 15) is 4.79 Å². The molecule has 1 amide bonds. The van der Waals surface area contributed by atoms with Crippen molar-refractivity contribution < 1.29 is 4.79 Å². The van der Waals surface area contributed by atoms with Gasteiger partial charge in [0.25, 0.3) is 0 Å². The summed E-state index contributed by atoms with van der Waals surface area (Å²) in [7, 11) is 4.15. The third-order valence-corrected chi connectivity index (χ3v) is 3.85. The van der Waals surface area contributed by atoms with Crippen molar-refractivity contribution in [3.8, 4) is 0 Å². The Labute approximate surface area is 136 Å². The lowest BCUT2D eigenvalue weighted by Gasteiger charge is -2.14.